The molecule has 2 atom stereocenters. The van der Waals surface area contributed by atoms with Crippen LogP contribution in [0.15, 0.2) is 0 Å². The van der Waals surface area contributed by atoms with Crippen molar-refractivity contribution in [3.63, 3.8) is 0 Å². The fraction of sp³-hybridized carbons (Fsp3) is 0.818. The molecule has 0 aromatic carbocycles. The van der Waals surface area contributed by atoms with Gasteiger partial charge in [-0.2, -0.15) is 0 Å². The standard InChI is InChI=1S/C11H17N3S/c1-6(2)14-4-8-9(5-14)10(8)11-13-12-7(3)15-11/h6,8-10H,4-5H2,1-3H3. The maximum absolute atomic E-state index is 4.28. The van der Waals surface area contributed by atoms with Crippen LogP contribution in [0, 0.1) is 18.8 Å². The summed E-state index contributed by atoms with van der Waals surface area (Å²) < 4.78 is 0. The van der Waals surface area contributed by atoms with Crippen molar-refractivity contribution in [2.24, 2.45) is 11.8 Å². The highest BCUT2D eigenvalue weighted by atomic mass is 32.1. The molecule has 1 aromatic heterocycles. The van der Waals surface area contributed by atoms with Crippen molar-refractivity contribution in [1.29, 1.82) is 0 Å². The van der Waals surface area contributed by atoms with Crippen LogP contribution in [0.5, 0.6) is 0 Å². The molecule has 3 nitrogen and oxygen atoms in total. The lowest BCUT2D eigenvalue weighted by Crippen LogP contribution is -2.30. The summed E-state index contributed by atoms with van der Waals surface area (Å²) in [4.78, 5) is 2.58. The first-order valence-corrected chi connectivity index (χ1v) is 6.52. The molecule has 2 aliphatic rings. The number of rotatable bonds is 2. The Hall–Kier alpha value is -0.480. The monoisotopic (exact) mass is 223 g/mol. The molecule has 15 heavy (non-hydrogen) atoms. The minimum absolute atomic E-state index is 0.703. The van der Waals surface area contributed by atoms with Gasteiger partial charge in [-0.15, -0.1) is 21.5 Å². The Balaban J connectivity index is 1.68. The van der Waals surface area contributed by atoms with Crippen LogP contribution in [0.4, 0.5) is 0 Å². The molecule has 3 rings (SSSR count). The predicted molar refractivity (Wildman–Crippen MR) is 61.1 cm³/mol. The van der Waals surface area contributed by atoms with E-state index in [1.54, 1.807) is 11.3 Å². The molecule has 2 heterocycles. The van der Waals surface area contributed by atoms with Gasteiger partial charge in [0, 0.05) is 25.0 Å². The van der Waals surface area contributed by atoms with Crippen LogP contribution >= 0.6 is 11.3 Å². The second-order valence-electron chi connectivity index (χ2n) is 5.06. The molecule has 0 N–H and O–H groups in total. The Morgan fingerprint density at radius 1 is 1.27 bits per heavy atom. The van der Waals surface area contributed by atoms with E-state index in [4.69, 9.17) is 0 Å². The summed E-state index contributed by atoms with van der Waals surface area (Å²) in [6, 6.07) is 0.703. The Labute approximate surface area is 94.5 Å². The minimum Gasteiger partial charge on any atom is -0.300 e. The van der Waals surface area contributed by atoms with E-state index in [1.165, 1.54) is 18.1 Å². The first kappa shape index (κ1) is 9.73. The average molecular weight is 223 g/mol. The highest BCUT2D eigenvalue weighted by Crippen LogP contribution is 2.58. The van der Waals surface area contributed by atoms with Crippen LogP contribution in [0.25, 0.3) is 0 Å². The summed E-state index contributed by atoms with van der Waals surface area (Å²) in [5.41, 5.74) is 0. The average Bonchev–Trinajstić information content (AvgIpc) is 2.62. The highest BCUT2D eigenvalue weighted by molar-refractivity contribution is 7.11. The maximum atomic E-state index is 4.28. The van der Waals surface area contributed by atoms with Gasteiger partial charge in [0.25, 0.3) is 0 Å². The summed E-state index contributed by atoms with van der Waals surface area (Å²) in [5.74, 6) is 2.49. The van der Waals surface area contributed by atoms with Crippen molar-refractivity contribution < 1.29 is 0 Å². The maximum Gasteiger partial charge on any atom is 0.121 e. The number of fused-ring (bicyclic) bond motifs is 1. The molecule has 1 saturated carbocycles. The molecule has 0 amide bonds. The lowest BCUT2D eigenvalue weighted by molar-refractivity contribution is 0.243. The van der Waals surface area contributed by atoms with Crippen LogP contribution in [-0.2, 0) is 0 Å². The zero-order valence-corrected chi connectivity index (χ0v) is 10.3. The summed E-state index contributed by atoms with van der Waals surface area (Å²) in [5, 5.41) is 10.8. The first-order chi connectivity index (χ1) is 7.16. The van der Waals surface area contributed by atoms with Crippen LogP contribution in [0.3, 0.4) is 0 Å². The molecular weight excluding hydrogens is 206 g/mol. The van der Waals surface area contributed by atoms with E-state index in [2.05, 4.69) is 28.9 Å². The second-order valence-corrected chi connectivity index (χ2v) is 6.27. The first-order valence-electron chi connectivity index (χ1n) is 5.71. The number of aromatic nitrogens is 2. The number of hydrogen-bond donors (Lipinski definition) is 0. The Morgan fingerprint density at radius 2 is 1.93 bits per heavy atom. The van der Waals surface area contributed by atoms with Crippen molar-refractivity contribution >= 4 is 11.3 Å². The zero-order chi connectivity index (χ0) is 10.6. The molecule has 2 unspecified atom stereocenters. The van der Waals surface area contributed by atoms with Gasteiger partial charge in [0.1, 0.15) is 10.0 Å². The molecular formula is C11H17N3S. The summed E-state index contributed by atoms with van der Waals surface area (Å²) in [7, 11) is 0. The third-order valence-electron chi connectivity index (χ3n) is 3.78. The van der Waals surface area contributed by atoms with E-state index >= 15 is 0 Å². The van der Waals surface area contributed by atoms with E-state index in [0.29, 0.717) is 6.04 Å². The fourth-order valence-corrected chi connectivity index (χ4v) is 3.75. The molecule has 0 radical (unpaired) electrons. The van der Waals surface area contributed by atoms with Gasteiger partial charge in [0.15, 0.2) is 0 Å². The van der Waals surface area contributed by atoms with Crippen LogP contribution in [0.1, 0.15) is 29.8 Å². The summed E-state index contributed by atoms with van der Waals surface area (Å²) >= 11 is 1.78. The lowest BCUT2D eigenvalue weighted by atomic mass is 10.2. The second kappa shape index (κ2) is 3.25. The molecule has 1 aromatic rings. The number of hydrogen-bond acceptors (Lipinski definition) is 4. The van der Waals surface area contributed by atoms with Gasteiger partial charge >= 0.3 is 0 Å². The fourth-order valence-electron chi connectivity index (χ4n) is 2.79. The van der Waals surface area contributed by atoms with Crippen LogP contribution < -0.4 is 0 Å². The molecule has 0 spiro atoms. The van der Waals surface area contributed by atoms with Gasteiger partial charge in [-0.3, -0.25) is 0 Å². The van der Waals surface area contributed by atoms with Crippen LogP contribution in [-0.4, -0.2) is 34.2 Å². The van der Waals surface area contributed by atoms with Gasteiger partial charge in [-0.05, 0) is 32.6 Å². The van der Waals surface area contributed by atoms with Crippen LogP contribution in [0.2, 0.25) is 0 Å². The topological polar surface area (TPSA) is 29.0 Å². The van der Waals surface area contributed by atoms with Crippen molar-refractivity contribution in [3.05, 3.63) is 10.0 Å². The van der Waals surface area contributed by atoms with E-state index in [0.717, 1.165) is 22.8 Å². The van der Waals surface area contributed by atoms with Gasteiger partial charge in [-0.1, -0.05) is 0 Å². The third-order valence-corrected chi connectivity index (χ3v) is 4.72. The zero-order valence-electron chi connectivity index (χ0n) is 9.47. The predicted octanol–water partition coefficient (Wildman–Crippen LogP) is 1.90. The largest absolute Gasteiger partial charge is 0.300 e. The number of nitrogens with zero attached hydrogens (tertiary/aromatic N) is 3. The van der Waals surface area contributed by atoms with Gasteiger partial charge in [0.2, 0.25) is 0 Å². The molecule has 2 fully saturated rings. The van der Waals surface area contributed by atoms with Crippen molar-refractivity contribution in [1.82, 2.24) is 15.1 Å². The normalized spacial score (nSPS) is 34.8. The summed E-state index contributed by atoms with van der Waals surface area (Å²) in [6.07, 6.45) is 0. The van der Waals surface area contributed by atoms with Gasteiger partial charge < -0.3 is 4.90 Å². The number of aryl methyl sites for hydroxylation is 1. The molecule has 1 saturated heterocycles. The quantitative estimate of drug-likeness (QED) is 0.767. The number of piperidine rings is 1. The Morgan fingerprint density at radius 3 is 2.40 bits per heavy atom. The summed E-state index contributed by atoms with van der Waals surface area (Å²) in [6.45, 7) is 9.15. The van der Waals surface area contributed by atoms with Crippen molar-refractivity contribution in [3.8, 4) is 0 Å². The highest BCUT2D eigenvalue weighted by Gasteiger charge is 2.57. The Kier molecular flexibility index (Phi) is 2.11. The smallest absolute Gasteiger partial charge is 0.121 e. The molecule has 1 aliphatic heterocycles. The van der Waals surface area contributed by atoms with Gasteiger partial charge in [0.05, 0.1) is 0 Å². The van der Waals surface area contributed by atoms with Crippen molar-refractivity contribution in [2.75, 3.05) is 13.1 Å². The van der Waals surface area contributed by atoms with E-state index in [-0.39, 0.29) is 0 Å². The van der Waals surface area contributed by atoms with E-state index < -0.39 is 0 Å². The molecule has 4 heteroatoms. The SMILES string of the molecule is Cc1nnc(C2C3CN(C(C)C)CC32)s1. The van der Waals surface area contributed by atoms with E-state index in [9.17, 15) is 0 Å². The molecule has 1 aliphatic carbocycles. The van der Waals surface area contributed by atoms with E-state index in [1.807, 2.05) is 6.92 Å². The third kappa shape index (κ3) is 1.51. The molecule has 82 valence electrons. The Bertz CT molecular complexity index is 362. The van der Waals surface area contributed by atoms with Gasteiger partial charge in [-0.25, -0.2) is 0 Å². The van der Waals surface area contributed by atoms with Crippen molar-refractivity contribution in [2.45, 2.75) is 32.7 Å². The minimum atomic E-state index is 0.703. The molecule has 0 bridgehead atoms. The lowest BCUT2D eigenvalue weighted by Gasteiger charge is -2.22. The number of likely N-dealkylation sites (tertiary alicyclic amines) is 1.